The van der Waals surface area contributed by atoms with E-state index in [1.807, 2.05) is 32.9 Å². The summed E-state index contributed by atoms with van der Waals surface area (Å²) >= 11 is 0. The minimum atomic E-state index is -0.0709. The Labute approximate surface area is 158 Å². The Morgan fingerprint density at radius 1 is 1.00 bits per heavy atom. The number of amides is 1. The maximum atomic E-state index is 12.6. The van der Waals surface area contributed by atoms with E-state index in [2.05, 4.69) is 38.6 Å². The number of aromatic nitrogens is 4. The Bertz CT molecular complexity index is 1000. The van der Waals surface area contributed by atoms with Crippen LogP contribution in [0.15, 0.2) is 30.3 Å². The fourth-order valence-corrected chi connectivity index (χ4v) is 3.65. The summed E-state index contributed by atoms with van der Waals surface area (Å²) in [5.74, 6) is 0.982. The van der Waals surface area contributed by atoms with Gasteiger partial charge in [0.2, 0.25) is 5.91 Å². The normalized spacial score (nSPS) is 12.9. The van der Waals surface area contributed by atoms with Crippen LogP contribution in [0.5, 0.6) is 0 Å². The standard InChI is InChI=1S/C21H23N5O/c1-13-9-14(2)23-21(22-13)26-19(10-15(3)25-26)24-20(27)12-16-7-8-17-5-4-6-18(17)11-16/h7-11H,4-6,12H2,1-3H3,(H,24,27). The fourth-order valence-electron chi connectivity index (χ4n) is 3.65. The number of hydrogen-bond acceptors (Lipinski definition) is 4. The van der Waals surface area contributed by atoms with Crippen LogP contribution in [0.2, 0.25) is 0 Å². The topological polar surface area (TPSA) is 72.7 Å². The highest BCUT2D eigenvalue weighted by Gasteiger charge is 2.15. The van der Waals surface area contributed by atoms with Gasteiger partial charge >= 0.3 is 0 Å². The maximum absolute atomic E-state index is 12.6. The first-order valence-electron chi connectivity index (χ1n) is 9.28. The minimum absolute atomic E-state index is 0.0709. The second kappa shape index (κ2) is 6.95. The third-order valence-electron chi connectivity index (χ3n) is 4.79. The number of benzene rings is 1. The Morgan fingerprint density at radius 3 is 2.52 bits per heavy atom. The van der Waals surface area contributed by atoms with Gasteiger partial charge in [0.1, 0.15) is 5.82 Å². The van der Waals surface area contributed by atoms with E-state index in [0.29, 0.717) is 18.2 Å². The van der Waals surface area contributed by atoms with Crippen LogP contribution in [0.25, 0.3) is 5.95 Å². The van der Waals surface area contributed by atoms with Gasteiger partial charge in [-0.25, -0.2) is 9.97 Å². The Morgan fingerprint density at radius 2 is 1.74 bits per heavy atom. The van der Waals surface area contributed by atoms with Crippen molar-refractivity contribution >= 4 is 11.7 Å². The van der Waals surface area contributed by atoms with Gasteiger partial charge in [0, 0.05) is 17.5 Å². The van der Waals surface area contributed by atoms with E-state index in [1.165, 1.54) is 17.5 Å². The second-order valence-corrected chi connectivity index (χ2v) is 7.22. The number of aryl methyl sites for hydroxylation is 5. The molecule has 0 unspecified atom stereocenters. The number of fused-ring (bicyclic) bond motifs is 1. The lowest BCUT2D eigenvalue weighted by atomic mass is 10.0. The van der Waals surface area contributed by atoms with Crippen LogP contribution < -0.4 is 5.32 Å². The molecule has 1 aliphatic carbocycles. The van der Waals surface area contributed by atoms with Crippen molar-refractivity contribution in [3.63, 3.8) is 0 Å². The lowest BCUT2D eigenvalue weighted by molar-refractivity contribution is -0.115. The van der Waals surface area contributed by atoms with E-state index in [1.54, 1.807) is 4.68 Å². The SMILES string of the molecule is Cc1cc(C)nc(-n2nc(C)cc2NC(=O)Cc2ccc3c(c2)CCC3)n1. The zero-order valence-corrected chi connectivity index (χ0v) is 15.9. The molecular formula is C21H23N5O. The largest absolute Gasteiger partial charge is 0.310 e. The van der Waals surface area contributed by atoms with Crippen molar-refractivity contribution in [2.75, 3.05) is 5.32 Å². The Hall–Kier alpha value is -3.02. The first-order chi connectivity index (χ1) is 13.0. The molecule has 0 aliphatic heterocycles. The molecule has 1 aromatic carbocycles. The summed E-state index contributed by atoms with van der Waals surface area (Å²) in [6.07, 6.45) is 3.81. The number of carbonyl (C=O) groups excluding carboxylic acids is 1. The predicted octanol–water partition coefficient (Wildman–Crippen LogP) is 3.26. The minimum Gasteiger partial charge on any atom is -0.310 e. The van der Waals surface area contributed by atoms with Crippen LogP contribution in [-0.4, -0.2) is 25.7 Å². The van der Waals surface area contributed by atoms with E-state index in [9.17, 15) is 4.79 Å². The zero-order valence-electron chi connectivity index (χ0n) is 15.9. The summed E-state index contributed by atoms with van der Waals surface area (Å²) in [4.78, 5) is 21.5. The monoisotopic (exact) mass is 361 g/mol. The molecule has 0 saturated heterocycles. The maximum Gasteiger partial charge on any atom is 0.252 e. The molecule has 0 radical (unpaired) electrons. The molecule has 3 aromatic rings. The van der Waals surface area contributed by atoms with Gasteiger partial charge in [-0.2, -0.15) is 9.78 Å². The highest BCUT2D eigenvalue weighted by Crippen LogP contribution is 2.23. The van der Waals surface area contributed by atoms with Crippen molar-refractivity contribution in [3.8, 4) is 5.95 Å². The van der Waals surface area contributed by atoms with Crippen molar-refractivity contribution in [1.82, 2.24) is 19.7 Å². The number of nitrogens with zero attached hydrogens (tertiary/aromatic N) is 4. The van der Waals surface area contributed by atoms with Gasteiger partial charge in [-0.3, -0.25) is 4.79 Å². The lowest BCUT2D eigenvalue weighted by Gasteiger charge is -2.09. The molecule has 2 aromatic heterocycles. The second-order valence-electron chi connectivity index (χ2n) is 7.22. The van der Waals surface area contributed by atoms with Crippen molar-refractivity contribution in [2.45, 2.75) is 46.5 Å². The van der Waals surface area contributed by atoms with Crippen LogP contribution >= 0.6 is 0 Å². The summed E-state index contributed by atoms with van der Waals surface area (Å²) in [7, 11) is 0. The molecular weight excluding hydrogens is 338 g/mol. The van der Waals surface area contributed by atoms with Crippen LogP contribution in [0.3, 0.4) is 0 Å². The van der Waals surface area contributed by atoms with E-state index >= 15 is 0 Å². The van der Waals surface area contributed by atoms with Gasteiger partial charge in [0.15, 0.2) is 0 Å². The number of anilines is 1. The van der Waals surface area contributed by atoms with Gasteiger partial charge in [-0.1, -0.05) is 18.2 Å². The van der Waals surface area contributed by atoms with E-state index in [0.717, 1.165) is 35.5 Å². The average molecular weight is 361 g/mol. The molecule has 2 heterocycles. The van der Waals surface area contributed by atoms with Crippen molar-refractivity contribution in [1.29, 1.82) is 0 Å². The first kappa shape index (κ1) is 17.4. The molecule has 27 heavy (non-hydrogen) atoms. The molecule has 1 aliphatic rings. The van der Waals surface area contributed by atoms with Crippen molar-refractivity contribution in [2.24, 2.45) is 0 Å². The van der Waals surface area contributed by atoms with E-state index in [-0.39, 0.29) is 5.91 Å². The molecule has 0 bridgehead atoms. The molecule has 1 N–H and O–H groups in total. The van der Waals surface area contributed by atoms with Crippen LogP contribution in [0.1, 0.15) is 40.2 Å². The van der Waals surface area contributed by atoms with Gasteiger partial charge in [-0.15, -0.1) is 0 Å². The summed E-state index contributed by atoms with van der Waals surface area (Å²) in [6.45, 7) is 5.72. The van der Waals surface area contributed by atoms with E-state index < -0.39 is 0 Å². The summed E-state index contributed by atoms with van der Waals surface area (Å²) in [6, 6.07) is 10.1. The van der Waals surface area contributed by atoms with Crippen molar-refractivity contribution in [3.05, 3.63) is 64.1 Å². The summed E-state index contributed by atoms with van der Waals surface area (Å²) in [5, 5.41) is 7.41. The highest BCUT2D eigenvalue weighted by atomic mass is 16.1. The molecule has 0 spiro atoms. The molecule has 6 nitrogen and oxygen atoms in total. The number of hydrogen-bond donors (Lipinski definition) is 1. The van der Waals surface area contributed by atoms with Gasteiger partial charge in [0.25, 0.3) is 5.95 Å². The average Bonchev–Trinajstić information content (AvgIpc) is 3.19. The Balaban J connectivity index is 1.55. The summed E-state index contributed by atoms with van der Waals surface area (Å²) in [5.41, 5.74) is 6.36. The van der Waals surface area contributed by atoms with Crippen molar-refractivity contribution < 1.29 is 4.79 Å². The predicted molar refractivity (Wildman–Crippen MR) is 104 cm³/mol. The fraction of sp³-hybridized carbons (Fsp3) is 0.333. The zero-order chi connectivity index (χ0) is 19.0. The highest BCUT2D eigenvalue weighted by molar-refractivity contribution is 5.91. The number of carbonyl (C=O) groups is 1. The smallest absolute Gasteiger partial charge is 0.252 e. The van der Waals surface area contributed by atoms with Crippen LogP contribution in [0, 0.1) is 20.8 Å². The van der Waals surface area contributed by atoms with Gasteiger partial charge in [-0.05, 0) is 62.8 Å². The quantitative estimate of drug-likeness (QED) is 0.774. The lowest BCUT2D eigenvalue weighted by Crippen LogP contribution is -2.18. The van der Waals surface area contributed by atoms with E-state index in [4.69, 9.17) is 0 Å². The number of rotatable bonds is 4. The molecule has 1 amide bonds. The molecule has 4 rings (SSSR count). The third kappa shape index (κ3) is 3.74. The summed E-state index contributed by atoms with van der Waals surface area (Å²) < 4.78 is 1.59. The molecule has 0 fully saturated rings. The Kier molecular flexibility index (Phi) is 4.48. The first-order valence-corrected chi connectivity index (χ1v) is 9.28. The van der Waals surface area contributed by atoms with Crippen LogP contribution in [-0.2, 0) is 24.1 Å². The molecule has 138 valence electrons. The third-order valence-corrected chi connectivity index (χ3v) is 4.79. The van der Waals surface area contributed by atoms with Gasteiger partial charge in [0.05, 0.1) is 12.1 Å². The molecule has 6 heteroatoms. The molecule has 0 saturated carbocycles. The molecule has 0 atom stereocenters. The van der Waals surface area contributed by atoms with Crippen LogP contribution in [0.4, 0.5) is 5.82 Å². The number of nitrogens with one attached hydrogen (secondary N) is 1. The van der Waals surface area contributed by atoms with Gasteiger partial charge < -0.3 is 5.32 Å².